The van der Waals surface area contributed by atoms with Crippen molar-refractivity contribution in [2.24, 2.45) is 0 Å². The Balaban J connectivity index is -0.0000000829. The minimum atomic E-state index is -1.79. The molecule has 32 heteroatoms. The van der Waals surface area contributed by atoms with Crippen molar-refractivity contribution in [2.45, 2.75) is 324 Å². The lowest BCUT2D eigenvalue weighted by molar-refractivity contribution is 0.0000253. The summed E-state index contributed by atoms with van der Waals surface area (Å²) in [7, 11) is 0.756. The summed E-state index contributed by atoms with van der Waals surface area (Å²) in [6, 6.07) is 20.7. The van der Waals surface area contributed by atoms with Gasteiger partial charge in [-0.05, 0) is 135 Å². The normalized spacial score (nSPS) is 13.4. The molecule has 9 N–H and O–H groups in total. The first-order valence-corrected chi connectivity index (χ1v) is 51.8. The fraction of sp³-hybridized carbons (Fsp3) is 0.767. The molecule has 0 saturated heterocycles. The van der Waals surface area contributed by atoms with Gasteiger partial charge in [-0.1, -0.05) is 197 Å². The molecule has 2 aromatic carbocycles. The number of aliphatic hydroxyl groups excluding tert-OH is 9. The Morgan fingerprint density at radius 1 is 0.492 bits per heavy atom. The fourth-order valence-corrected chi connectivity index (χ4v) is 11.8. The largest absolute Gasteiger partial charge is 0.414 e. The Kier molecular flexibility index (Phi) is 110. The van der Waals surface area contributed by atoms with Crippen LogP contribution in [0.25, 0.3) is 4.85 Å². The van der Waals surface area contributed by atoms with Crippen LogP contribution in [0.5, 0.6) is 0 Å². The first kappa shape index (κ1) is 131. The zero-order valence-corrected chi connectivity index (χ0v) is 86.5. The van der Waals surface area contributed by atoms with Gasteiger partial charge in [-0.25, -0.2) is 15.9 Å². The molecule has 0 aliphatic heterocycles. The molecule has 2 aromatic rings. The predicted molar refractivity (Wildman–Crippen MR) is 538 cm³/mol. The topological polar surface area (TPSA) is 294 Å². The maximum Gasteiger partial charge on any atom is 0.259 e. The van der Waals surface area contributed by atoms with Crippen molar-refractivity contribution < 1.29 is 105 Å². The van der Waals surface area contributed by atoms with Gasteiger partial charge in [0.05, 0.1) is 114 Å². The standard InChI is InChI=1S/C16H28NO3P.C16H28O3Si.C15H27N2O3P.C10H14O3.C9H22O2Si.C7H18Si.C6H10O2.2CH2Cl2.4CH4O.5CH4/c1-8-10-12-19-21(17(14(3)4)15(5)6)20-13-16(7)18-11-9-2;1-16(2,3)20(4,5)19-13-15(17)12-18-11-14-9-7-6-8-10-14;1-8-10-18-15(6)12-20-21(19-11-9-16-7)17(13(2)3)14(4)5;11-6-10(12)8-13-7-9-4-2-1-3-5-9;1-8(10)7-11-12(5,6)9(2,3)4;1-7(2,3)8(4,5)6;1-3-4-8-6(2)5-7;2*2-1-3;4*1-2;;;;;/h1-2,14-16H,10-13H2,3-7H3;6-10,15,17H,11-13H2,1-5H3;1,13-15H,9-12H2,2-6H3;1-5,10-12H,6-8H2;8,10H,7H2,1-6H3;1-6H3;1,6-7H,4-5H2,2H3;2*1H2;4*2H,1H3;5*1H4/t16-,21?;15-;15-,21?;10-;8-;;6-;;;;;;;;;;;/m00010.0.........../s1/i7D;;6D;;1D;;2D;;;4*2T;1T;1D;;;. The van der Waals surface area contributed by atoms with Gasteiger partial charge < -0.3 is 101 Å². The number of halogens is 4. The van der Waals surface area contributed by atoms with E-state index in [1.807, 2.05) is 60.7 Å². The van der Waals surface area contributed by atoms with E-state index in [1.165, 1.54) is 43.2 Å². The molecule has 0 aromatic heterocycles. The van der Waals surface area contributed by atoms with E-state index >= 15 is 0 Å². The van der Waals surface area contributed by atoms with Crippen LogP contribution in [0, 0.1) is 55.9 Å². The Hall–Kier alpha value is -2.04. The van der Waals surface area contributed by atoms with Gasteiger partial charge in [0.1, 0.15) is 32.5 Å². The number of nitrogens with zero attached hydrogens (tertiary/aromatic N) is 3. The van der Waals surface area contributed by atoms with Crippen LogP contribution in [0.2, 0.25) is 60.9 Å². The number of benzene rings is 2. The average molecular weight is 1930 g/mol. The number of aliphatic hydroxyl groups is 9. The maximum absolute atomic E-state index is 9.93. The Morgan fingerprint density at radius 2 is 0.795 bits per heavy atom. The molecule has 0 saturated carbocycles. The lowest BCUT2D eigenvalue weighted by atomic mass is 10.2. The zero-order chi connectivity index (χ0) is 104. The lowest BCUT2D eigenvalue weighted by Crippen LogP contribution is -2.43. The number of rotatable bonds is 40. The van der Waals surface area contributed by atoms with Crippen LogP contribution in [0.3, 0.4) is 0 Å². The third-order valence-electron chi connectivity index (χ3n) is 15.7. The van der Waals surface area contributed by atoms with Crippen LogP contribution in [-0.2, 0) is 63.8 Å². The molecule has 0 bridgehead atoms. The van der Waals surface area contributed by atoms with Crippen LogP contribution < -0.4 is 0 Å². The van der Waals surface area contributed by atoms with Gasteiger partial charge in [0.2, 0.25) is 12.3 Å². The highest BCUT2D eigenvalue weighted by atomic mass is 35.5. The second kappa shape index (κ2) is 103. The molecule has 122 heavy (non-hydrogen) atoms. The Labute approximate surface area is 791 Å². The van der Waals surface area contributed by atoms with E-state index in [4.69, 9.17) is 159 Å². The molecule has 0 spiro atoms. The van der Waals surface area contributed by atoms with Crippen molar-refractivity contribution in [1.82, 2.24) is 9.34 Å². The second-order valence-electron chi connectivity index (χ2n) is 30.3. The summed E-state index contributed by atoms with van der Waals surface area (Å²) in [5.41, 5.74) is 2.18. The van der Waals surface area contributed by atoms with Crippen molar-refractivity contribution >= 4 is 88.2 Å². The first-order chi connectivity index (χ1) is 60.3. The van der Waals surface area contributed by atoms with Gasteiger partial charge in [0.25, 0.3) is 17.1 Å². The molecule has 0 heterocycles. The SMILES string of the molecule is C.C.C.CC(C)(C)[Si](C)(C)C.CC(C)(C)[Si](C)(C)OC[C@@H](O)COCc1ccccc1.ClCCl.ClCCl.OC[C@@H](O)COCc1ccccc1.[2H]C.[2H]C[C@@H](CO)OCC#C.[2H]C[C@@H](COP(OCCC#C)N(C(C)C)C(C)C)OCC#C.[2H]C[C@@H](COP(OCC[N+]#[C-])N(C(C)C)C(C)C)OCC#C.[2H]C[C@H](O)CO[Si](C)(C)C(C)(C)C.[3H]C.[3H]OC.[3H]OC.[3H]OC.[3H]OC. The summed E-state index contributed by atoms with van der Waals surface area (Å²) >= 11 is 19.1. The van der Waals surface area contributed by atoms with Gasteiger partial charge in [-0.3, -0.25) is 0 Å². The van der Waals surface area contributed by atoms with Gasteiger partial charge in [-0.15, -0.1) is 78.0 Å². The molecular formula is C90H187Cl4N3O20P2Si3. The van der Waals surface area contributed by atoms with E-state index in [9.17, 15) is 10.2 Å². The third-order valence-corrected chi connectivity index (χ3v) is 33.3. The highest BCUT2D eigenvalue weighted by Gasteiger charge is 2.39. The lowest BCUT2D eigenvalue weighted by Gasteiger charge is -2.36. The molecule has 0 radical (unpaired) electrons. The molecule has 732 valence electrons. The number of ether oxygens (including phenoxy) is 5. The molecule has 8 atom stereocenters. The van der Waals surface area contributed by atoms with E-state index in [1.54, 1.807) is 0 Å². The Morgan fingerprint density at radius 3 is 1.05 bits per heavy atom. The number of hydrogen-bond acceptors (Lipinski definition) is 22. The van der Waals surface area contributed by atoms with E-state index < -0.39 is 66.2 Å². The third kappa shape index (κ3) is 103. The predicted octanol–water partition coefficient (Wildman–Crippen LogP) is 20.9. The van der Waals surface area contributed by atoms with E-state index in [0.29, 0.717) is 64.3 Å². The minimum absolute atomic E-state index is 0. The van der Waals surface area contributed by atoms with Crippen LogP contribution in [0.1, 0.15) is 208 Å². The maximum atomic E-state index is 9.93. The molecule has 2 unspecified atom stereocenters. The Bertz CT molecular complexity index is 2690. The summed E-state index contributed by atoms with van der Waals surface area (Å²) in [5, 5.41) is 60.3. The highest BCUT2D eigenvalue weighted by Crippen LogP contribution is 2.47. The monoisotopic (exact) mass is 1930 g/mol. The quantitative estimate of drug-likeness (QED) is 0.00748. The van der Waals surface area contributed by atoms with Gasteiger partial charge >= 0.3 is 0 Å². The van der Waals surface area contributed by atoms with Crippen LogP contribution in [0.15, 0.2) is 60.7 Å². The summed E-state index contributed by atoms with van der Waals surface area (Å²) in [4.78, 5) is 3.29. The van der Waals surface area contributed by atoms with Crippen molar-refractivity contribution in [1.29, 1.82) is 5.72 Å². The number of alkyl halides is 4. The van der Waals surface area contributed by atoms with Crippen molar-refractivity contribution in [2.75, 3.05) is 132 Å². The molecule has 23 nitrogen and oxygen atoms in total. The smallest absolute Gasteiger partial charge is 0.259 e. The molecule has 0 aliphatic carbocycles. The summed E-state index contributed by atoms with van der Waals surface area (Å²) in [6.45, 7) is 63.6. The molecular weight excluding hydrogens is 1730 g/mol. The van der Waals surface area contributed by atoms with E-state index in [-0.39, 0.29) is 160 Å². The van der Waals surface area contributed by atoms with Crippen molar-refractivity contribution in [3.05, 3.63) is 83.2 Å². The summed E-state index contributed by atoms with van der Waals surface area (Å²) < 4.78 is 129. The van der Waals surface area contributed by atoms with Gasteiger partial charge in [0.15, 0.2) is 16.6 Å². The minimum Gasteiger partial charge on any atom is -0.414 e. The van der Waals surface area contributed by atoms with Gasteiger partial charge in [0, 0.05) is 75.3 Å². The fourth-order valence-electron chi connectivity index (χ4n) is 6.49. The van der Waals surface area contributed by atoms with Crippen LogP contribution >= 0.6 is 63.5 Å². The molecule has 0 amide bonds. The number of hydrogen-bond donors (Lipinski definition) is 9. The van der Waals surface area contributed by atoms with Crippen LogP contribution in [0.4, 0.5) is 0 Å². The molecule has 2 rings (SSSR count). The second-order valence-corrected chi connectivity index (χ2v) is 50.4. The summed E-state index contributed by atoms with van der Waals surface area (Å²) in [5.74, 6) is 9.60. The first-order valence-electron chi connectivity index (χ1n) is 44.5. The highest BCUT2D eigenvalue weighted by molar-refractivity contribution is 7.44. The van der Waals surface area contributed by atoms with E-state index in [2.05, 4.69) is 222 Å². The molecule has 0 aliphatic rings. The number of terminal acetylenes is 4. The molecule has 0 fully saturated rings. The van der Waals surface area contributed by atoms with Crippen molar-refractivity contribution in [3.63, 3.8) is 0 Å². The zero-order valence-electron chi connectivity index (χ0n) is 88.7. The average Bonchev–Trinajstić information content (AvgIpc) is 0.820. The van der Waals surface area contributed by atoms with Crippen LogP contribution in [-0.4, -0.2) is 278 Å². The van der Waals surface area contributed by atoms with Gasteiger partial charge in [-0.2, -0.15) is 0 Å². The summed E-state index contributed by atoms with van der Waals surface area (Å²) in [6.07, 6.45) is 17.9. The van der Waals surface area contributed by atoms with Crippen molar-refractivity contribution in [3.8, 4) is 49.4 Å². The van der Waals surface area contributed by atoms with E-state index in [0.717, 1.165) is 11.1 Å².